The molecule has 0 aromatic heterocycles. The minimum absolute atomic E-state index is 0.0144. The Kier molecular flexibility index (Phi) is 3.83. The molecule has 1 aromatic rings. The van der Waals surface area contributed by atoms with Crippen molar-refractivity contribution in [1.82, 2.24) is 4.90 Å². The van der Waals surface area contributed by atoms with Crippen LogP contribution in [0.15, 0.2) is 18.2 Å². The monoisotopic (exact) mass is 261 g/mol. The van der Waals surface area contributed by atoms with Crippen molar-refractivity contribution in [3.63, 3.8) is 0 Å². The van der Waals surface area contributed by atoms with Gasteiger partial charge in [-0.05, 0) is 36.0 Å². The van der Waals surface area contributed by atoms with Crippen LogP contribution in [-0.2, 0) is 5.41 Å². The zero-order valence-corrected chi connectivity index (χ0v) is 12.3. The number of hydrogen-bond acceptors (Lipinski definition) is 2. The minimum Gasteiger partial charge on any atom is -0.496 e. The molecule has 104 valence electrons. The molecule has 0 N–H and O–H groups in total. The summed E-state index contributed by atoms with van der Waals surface area (Å²) in [6.07, 6.45) is 2.23. The fourth-order valence-corrected chi connectivity index (χ4v) is 2.55. The molecule has 0 radical (unpaired) electrons. The third-order valence-corrected chi connectivity index (χ3v) is 3.65. The molecule has 3 heteroatoms. The summed E-state index contributed by atoms with van der Waals surface area (Å²) in [5, 5.41) is 0. The largest absolute Gasteiger partial charge is 0.496 e. The molecule has 2 rings (SSSR count). The van der Waals surface area contributed by atoms with Gasteiger partial charge in [-0.25, -0.2) is 0 Å². The topological polar surface area (TPSA) is 29.5 Å². The van der Waals surface area contributed by atoms with Gasteiger partial charge in [0.25, 0.3) is 5.91 Å². The third-order valence-electron chi connectivity index (χ3n) is 3.65. The normalized spacial score (nSPS) is 15.7. The van der Waals surface area contributed by atoms with Crippen molar-refractivity contribution in [3.8, 4) is 5.75 Å². The van der Waals surface area contributed by atoms with E-state index in [9.17, 15) is 4.79 Å². The standard InChI is InChI=1S/C16H23NO2/c1-16(2,3)13-8-7-12(11-14(13)19-4)15(18)17-9-5-6-10-17/h7-8,11H,5-6,9-10H2,1-4H3. The molecule has 1 aromatic carbocycles. The number of rotatable bonds is 2. The maximum absolute atomic E-state index is 12.3. The molecule has 3 nitrogen and oxygen atoms in total. The third kappa shape index (κ3) is 2.91. The number of hydrogen-bond donors (Lipinski definition) is 0. The van der Waals surface area contributed by atoms with Crippen LogP contribution in [0.25, 0.3) is 0 Å². The van der Waals surface area contributed by atoms with Gasteiger partial charge in [0.15, 0.2) is 0 Å². The number of methoxy groups -OCH3 is 1. The van der Waals surface area contributed by atoms with Crippen LogP contribution in [0.3, 0.4) is 0 Å². The highest BCUT2D eigenvalue weighted by atomic mass is 16.5. The molecule has 0 aliphatic carbocycles. The summed E-state index contributed by atoms with van der Waals surface area (Å²) in [6, 6.07) is 5.81. The van der Waals surface area contributed by atoms with Crippen LogP contribution in [0, 0.1) is 0 Å². The zero-order chi connectivity index (χ0) is 14.0. The van der Waals surface area contributed by atoms with Crippen molar-refractivity contribution < 1.29 is 9.53 Å². The number of likely N-dealkylation sites (tertiary alicyclic amines) is 1. The predicted octanol–water partition coefficient (Wildman–Crippen LogP) is 3.23. The van der Waals surface area contributed by atoms with Crippen LogP contribution in [0.1, 0.15) is 49.5 Å². The van der Waals surface area contributed by atoms with Crippen molar-refractivity contribution in [3.05, 3.63) is 29.3 Å². The summed E-state index contributed by atoms with van der Waals surface area (Å²) < 4.78 is 5.45. The van der Waals surface area contributed by atoms with E-state index >= 15 is 0 Å². The Bertz CT molecular complexity index is 468. The highest BCUT2D eigenvalue weighted by molar-refractivity contribution is 5.95. The second-order valence-corrected chi connectivity index (χ2v) is 6.16. The molecule has 0 unspecified atom stereocenters. The first-order chi connectivity index (χ1) is 8.93. The summed E-state index contributed by atoms with van der Waals surface area (Å²) in [7, 11) is 1.66. The lowest BCUT2D eigenvalue weighted by Crippen LogP contribution is -2.27. The minimum atomic E-state index is 0.0144. The second-order valence-electron chi connectivity index (χ2n) is 6.16. The van der Waals surface area contributed by atoms with E-state index in [-0.39, 0.29) is 11.3 Å². The van der Waals surface area contributed by atoms with Gasteiger partial charge >= 0.3 is 0 Å². The zero-order valence-electron chi connectivity index (χ0n) is 12.3. The van der Waals surface area contributed by atoms with Gasteiger partial charge in [-0.15, -0.1) is 0 Å². The van der Waals surface area contributed by atoms with E-state index in [0.717, 1.165) is 42.8 Å². The maximum Gasteiger partial charge on any atom is 0.253 e. The van der Waals surface area contributed by atoms with Crippen LogP contribution in [0.2, 0.25) is 0 Å². The van der Waals surface area contributed by atoms with E-state index < -0.39 is 0 Å². The fraction of sp³-hybridized carbons (Fsp3) is 0.562. The summed E-state index contributed by atoms with van der Waals surface area (Å²) in [6.45, 7) is 8.19. The number of benzene rings is 1. The van der Waals surface area contributed by atoms with Gasteiger partial charge in [0.1, 0.15) is 5.75 Å². The number of carbonyl (C=O) groups excluding carboxylic acids is 1. The smallest absolute Gasteiger partial charge is 0.253 e. The van der Waals surface area contributed by atoms with E-state index in [0.29, 0.717) is 0 Å². The average molecular weight is 261 g/mol. The summed E-state index contributed by atoms with van der Waals surface area (Å²) in [5.74, 6) is 0.925. The quantitative estimate of drug-likeness (QED) is 0.818. The van der Waals surface area contributed by atoms with Crippen LogP contribution >= 0.6 is 0 Å². The molecule has 1 fully saturated rings. The molecule has 0 saturated carbocycles. The molecule has 19 heavy (non-hydrogen) atoms. The lowest BCUT2D eigenvalue weighted by molar-refractivity contribution is 0.0792. The Labute approximate surface area is 115 Å². The lowest BCUT2D eigenvalue weighted by Gasteiger charge is -2.23. The van der Waals surface area contributed by atoms with E-state index in [4.69, 9.17) is 4.74 Å². The van der Waals surface area contributed by atoms with Crippen molar-refractivity contribution in [2.24, 2.45) is 0 Å². The van der Waals surface area contributed by atoms with Gasteiger partial charge in [0.2, 0.25) is 0 Å². The van der Waals surface area contributed by atoms with E-state index in [2.05, 4.69) is 20.8 Å². The first-order valence-electron chi connectivity index (χ1n) is 6.91. The Balaban J connectivity index is 2.31. The Morgan fingerprint density at radius 3 is 2.37 bits per heavy atom. The lowest BCUT2D eigenvalue weighted by atomic mass is 9.85. The SMILES string of the molecule is COc1cc(C(=O)N2CCCC2)ccc1C(C)(C)C. The van der Waals surface area contributed by atoms with Crippen LogP contribution in [0.4, 0.5) is 0 Å². The number of amides is 1. The summed E-state index contributed by atoms with van der Waals surface area (Å²) in [5.41, 5.74) is 1.88. The Morgan fingerprint density at radius 2 is 1.84 bits per heavy atom. The van der Waals surface area contributed by atoms with Crippen LogP contribution in [0.5, 0.6) is 5.75 Å². The molecule has 1 amide bonds. The highest BCUT2D eigenvalue weighted by Crippen LogP contribution is 2.32. The fourth-order valence-electron chi connectivity index (χ4n) is 2.55. The van der Waals surface area contributed by atoms with Crippen LogP contribution < -0.4 is 4.74 Å². The molecule has 0 atom stereocenters. The average Bonchev–Trinajstić information content (AvgIpc) is 2.89. The molecule has 1 saturated heterocycles. The summed E-state index contributed by atoms with van der Waals surface area (Å²) in [4.78, 5) is 14.3. The first kappa shape index (κ1) is 13.9. The molecule has 1 aliphatic heterocycles. The Hall–Kier alpha value is -1.51. The van der Waals surface area contributed by atoms with E-state index in [1.807, 2.05) is 23.1 Å². The van der Waals surface area contributed by atoms with Crippen molar-refractivity contribution in [2.45, 2.75) is 39.0 Å². The van der Waals surface area contributed by atoms with Gasteiger partial charge in [-0.2, -0.15) is 0 Å². The number of ether oxygens (including phenoxy) is 1. The van der Waals surface area contributed by atoms with Gasteiger partial charge in [0.05, 0.1) is 7.11 Å². The summed E-state index contributed by atoms with van der Waals surface area (Å²) >= 11 is 0. The highest BCUT2D eigenvalue weighted by Gasteiger charge is 2.23. The van der Waals surface area contributed by atoms with Gasteiger partial charge in [0, 0.05) is 18.7 Å². The second kappa shape index (κ2) is 5.24. The Morgan fingerprint density at radius 1 is 1.21 bits per heavy atom. The van der Waals surface area contributed by atoms with Crippen molar-refractivity contribution in [1.29, 1.82) is 0 Å². The first-order valence-corrected chi connectivity index (χ1v) is 6.91. The van der Waals surface area contributed by atoms with Gasteiger partial charge in [-0.1, -0.05) is 26.8 Å². The van der Waals surface area contributed by atoms with Crippen molar-refractivity contribution >= 4 is 5.91 Å². The maximum atomic E-state index is 12.3. The molecular weight excluding hydrogens is 238 g/mol. The molecule has 1 heterocycles. The van der Waals surface area contributed by atoms with Gasteiger partial charge in [-0.3, -0.25) is 4.79 Å². The predicted molar refractivity (Wildman–Crippen MR) is 76.8 cm³/mol. The number of nitrogens with zero attached hydrogens (tertiary/aromatic N) is 1. The van der Waals surface area contributed by atoms with E-state index in [1.165, 1.54) is 0 Å². The van der Waals surface area contributed by atoms with Crippen molar-refractivity contribution in [2.75, 3.05) is 20.2 Å². The van der Waals surface area contributed by atoms with E-state index in [1.54, 1.807) is 7.11 Å². The van der Waals surface area contributed by atoms with Gasteiger partial charge < -0.3 is 9.64 Å². The molecular formula is C16H23NO2. The van der Waals surface area contributed by atoms with Crippen LogP contribution in [-0.4, -0.2) is 31.0 Å². The number of carbonyl (C=O) groups is 1. The molecule has 0 bridgehead atoms. The molecule has 1 aliphatic rings. The molecule has 0 spiro atoms.